The van der Waals surface area contributed by atoms with Crippen molar-refractivity contribution in [1.29, 1.82) is 0 Å². The Morgan fingerprint density at radius 2 is 0.820 bits per heavy atom. The van der Waals surface area contributed by atoms with E-state index in [0.717, 1.165) is 74.4 Å². The summed E-state index contributed by atoms with van der Waals surface area (Å²) in [6, 6.07) is 39.9. The van der Waals surface area contributed by atoms with Crippen molar-refractivity contribution in [2.75, 3.05) is 65.7 Å². The number of rotatable bonds is 17. The lowest BCUT2D eigenvalue weighted by atomic mass is 9.64. The molecule has 0 aromatic heterocycles. The monoisotopic (exact) mass is 674 g/mol. The minimum atomic E-state index is -0.883. The number of hydrogen-bond acceptors (Lipinski definition) is 6. The molecule has 2 aliphatic rings. The Labute approximate surface area is 296 Å². The molecule has 2 aliphatic heterocycles. The number of nitrogens with zero attached hydrogens (tertiary/aromatic N) is 2. The minimum absolute atomic E-state index is 0.0619. The van der Waals surface area contributed by atoms with Crippen LogP contribution in [-0.2, 0) is 29.9 Å². The molecule has 262 valence electrons. The molecule has 0 bridgehead atoms. The number of benzene rings is 4. The number of amides is 2. The first kappa shape index (κ1) is 35.5. The molecular weight excluding hydrogens is 624 g/mol. The number of primary amides is 2. The van der Waals surface area contributed by atoms with Crippen LogP contribution in [0.25, 0.3) is 0 Å². The smallest absolute Gasteiger partial charge is 0.232 e. The minimum Gasteiger partial charge on any atom is -0.378 e. The predicted octanol–water partition coefficient (Wildman–Crippen LogP) is 4.61. The number of likely N-dealkylation sites (tertiary alicyclic amines) is 2. The summed E-state index contributed by atoms with van der Waals surface area (Å²) < 4.78 is 11.9. The summed E-state index contributed by atoms with van der Waals surface area (Å²) in [4.78, 5) is 31.4. The van der Waals surface area contributed by atoms with E-state index in [1.165, 1.54) is 0 Å². The van der Waals surface area contributed by atoms with Gasteiger partial charge in [0.2, 0.25) is 11.8 Å². The van der Waals surface area contributed by atoms with Crippen molar-refractivity contribution in [3.63, 3.8) is 0 Å². The lowest BCUT2D eigenvalue weighted by Gasteiger charge is -2.37. The third-order valence-corrected chi connectivity index (χ3v) is 10.9. The topological polar surface area (TPSA) is 111 Å². The van der Waals surface area contributed by atoms with Crippen LogP contribution in [0.2, 0.25) is 0 Å². The van der Waals surface area contributed by atoms with Gasteiger partial charge in [-0.3, -0.25) is 9.59 Å². The van der Waals surface area contributed by atoms with Gasteiger partial charge in [-0.25, -0.2) is 0 Å². The van der Waals surface area contributed by atoms with E-state index in [1.54, 1.807) is 0 Å². The standard InChI is InChI=1S/C42H50N4O4/c43-39(47)41(33-13-5-1-6-14-33,34-15-7-2-8-16-34)37-21-23-45(31-37)25-27-49-29-30-50-28-26-46-24-22-38(32-46)42(40(44)48,35-17-9-3-10-18-35)36-19-11-4-12-20-36/h1-20,37-38H,21-32H2,(H2,43,47)(H2,44,48). The Morgan fingerprint density at radius 3 is 1.10 bits per heavy atom. The lowest BCUT2D eigenvalue weighted by molar-refractivity contribution is -0.124. The van der Waals surface area contributed by atoms with Crippen LogP contribution in [0.15, 0.2) is 121 Å². The Bertz CT molecular complexity index is 1450. The highest BCUT2D eigenvalue weighted by Gasteiger charge is 2.50. The molecule has 0 saturated carbocycles. The summed E-state index contributed by atoms with van der Waals surface area (Å²) in [6.45, 7) is 7.13. The van der Waals surface area contributed by atoms with E-state index < -0.39 is 10.8 Å². The lowest BCUT2D eigenvalue weighted by Crippen LogP contribution is -2.49. The fourth-order valence-corrected chi connectivity index (χ4v) is 8.54. The number of nitrogens with two attached hydrogens (primary N) is 2. The molecule has 0 radical (unpaired) electrons. The van der Waals surface area contributed by atoms with Gasteiger partial charge in [0.1, 0.15) is 10.8 Å². The molecule has 2 atom stereocenters. The van der Waals surface area contributed by atoms with Gasteiger partial charge in [-0.2, -0.15) is 0 Å². The summed E-state index contributed by atoms with van der Waals surface area (Å²) in [5.41, 5.74) is 14.5. The second-order valence-corrected chi connectivity index (χ2v) is 13.6. The van der Waals surface area contributed by atoms with Crippen molar-refractivity contribution in [2.24, 2.45) is 23.3 Å². The van der Waals surface area contributed by atoms with E-state index in [0.29, 0.717) is 26.4 Å². The normalized spacial score (nSPS) is 18.7. The highest BCUT2D eigenvalue weighted by Crippen LogP contribution is 2.45. The molecule has 2 unspecified atom stereocenters. The summed E-state index contributed by atoms with van der Waals surface area (Å²) in [5.74, 6) is -0.489. The third-order valence-electron chi connectivity index (χ3n) is 10.9. The van der Waals surface area contributed by atoms with Crippen molar-refractivity contribution < 1.29 is 19.1 Å². The molecule has 4 aromatic carbocycles. The predicted molar refractivity (Wildman–Crippen MR) is 196 cm³/mol. The van der Waals surface area contributed by atoms with E-state index in [2.05, 4.69) is 9.80 Å². The highest BCUT2D eigenvalue weighted by molar-refractivity contribution is 5.92. The molecule has 2 fully saturated rings. The Kier molecular flexibility index (Phi) is 11.8. The van der Waals surface area contributed by atoms with Crippen LogP contribution in [-0.4, -0.2) is 87.3 Å². The number of hydrogen-bond donors (Lipinski definition) is 2. The first-order valence-electron chi connectivity index (χ1n) is 17.9. The largest absolute Gasteiger partial charge is 0.378 e. The van der Waals surface area contributed by atoms with Crippen LogP contribution in [0.3, 0.4) is 0 Å². The molecule has 6 rings (SSSR count). The summed E-state index contributed by atoms with van der Waals surface area (Å²) in [6.07, 6.45) is 1.76. The maximum atomic E-state index is 13.3. The van der Waals surface area contributed by atoms with Gasteiger partial charge < -0.3 is 30.7 Å². The molecule has 50 heavy (non-hydrogen) atoms. The first-order valence-corrected chi connectivity index (χ1v) is 17.9. The van der Waals surface area contributed by atoms with Crippen LogP contribution < -0.4 is 11.5 Å². The maximum absolute atomic E-state index is 13.3. The van der Waals surface area contributed by atoms with E-state index in [1.807, 2.05) is 121 Å². The summed E-state index contributed by atoms with van der Waals surface area (Å²) >= 11 is 0. The second kappa shape index (κ2) is 16.6. The maximum Gasteiger partial charge on any atom is 0.232 e. The molecule has 4 aromatic rings. The molecule has 0 spiro atoms. The molecule has 2 amide bonds. The molecule has 4 N–H and O–H groups in total. The van der Waals surface area contributed by atoms with Gasteiger partial charge in [-0.1, -0.05) is 121 Å². The van der Waals surface area contributed by atoms with Crippen LogP contribution in [0.1, 0.15) is 35.1 Å². The second-order valence-electron chi connectivity index (χ2n) is 13.6. The van der Waals surface area contributed by atoms with Gasteiger partial charge in [0, 0.05) is 26.2 Å². The van der Waals surface area contributed by atoms with Crippen molar-refractivity contribution in [3.05, 3.63) is 144 Å². The van der Waals surface area contributed by atoms with E-state index in [9.17, 15) is 9.59 Å². The van der Waals surface area contributed by atoms with Crippen molar-refractivity contribution in [1.82, 2.24) is 9.80 Å². The average Bonchev–Trinajstić information content (AvgIpc) is 3.82. The van der Waals surface area contributed by atoms with Crippen molar-refractivity contribution >= 4 is 11.8 Å². The van der Waals surface area contributed by atoms with Crippen LogP contribution >= 0.6 is 0 Å². The fraction of sp³-hybridized carbons (Fsp3) is 0.381. The molecule has 8 heteroatoms. The van der Waals surface area contributed by atoms with Crippen LogP contribution in [0.5, 0.6) is 0 Å². The van der Waals surface area contributed by atoms with E-state index in [-0.39, 0.29) is 23.7 Å². The highest BCUT2D eigenvalue weighted by atomic mass is 16.5. The third kappa shape index (κ3) is 7.25. The van der Waals surface area contributed by atoms with Crippen molar-refractivity contribution in [2.45, 2.75) is 23.7 Å². The molecule has 0 aliphatic carbocycles. The Morgan fingerprint density at radius 1 is 0.520 bits per heavy atom. The zero-order chi connectivity index (χ0) is 34.8. The number of carbonyl (C=O) groups excluding carboxylic acids is 2. The van der Waals surface area contributed by atoms with Gasteiger partial charge in [0.25, 0.3) is 0 Å². The van der Waals surface area contributed by atoms with E-state index >= 15 is 0 Å². The average molecular weight is 675 g/mol. The summed E-state index contributed by atoms with van der Waals surface area (Å²) in [7, 11) is 0. The van der Waals surface area contributed by atoms with Gasteiger partial charge >= 0.3 is 0 Å². The number of carbonyl (C=O) groups is 2. The zero-order valence-corrected chi connectivity index (χ0v) is 28.9. The van der Waals surface area contributed by atoms with Crippen molar-refractivity contribution in [3.8, 4) is 0 Å². The molecule has 2 saturated heterocycles. The van der Waals surface area contributed by atoms with E-state index in [4.69, 9.17) is 20.9 Å². The fourth-order valence-electron chi connectivity index (χ4n) is 8.54. The zero-order valence-electron chi connectivity index (χ0n) is 28.9. The van der Waals surface area contributed by atoms with Gasteiger partial charge in [-0.05, 0) is 60.0 Å². The molecular formula is C42H50N4O4. The molecule has 2 heterocycles. The van der Waals surface area contributed by atoms with Gasteiger partial charge in [-0.15, -0.1) is 0 Å². The Hall–Kier alpha value is -4.34. The van der Waals surface area contributed by atoms with Gasteiger partial charge in [0.05, 0.1) is 26.4 Å². The summed E-state index contributed by atoms with van der Waals surface area (Å²) in [5, 5.41) is 0. The Balaban J connectivity index is 0.949. The van der Waals surface area contributed by atoms with Crippen LogP contribution in [0, 0.1) is 11.8 Å². The quantitative estimate of drug-likeness (QED) is 0.159. The van der Waals surface area contributed by atoms with Crippen LogP contribution in [0.4, 0.5) is 0 Å². The van der Waals surface area contributed by atoms with Gasteiger partial charge in [0.15, 0.2) is 0 Å². The number of ether oxygens (including phenoxy) is 2. The SMILES string of the molecule is NC(=O)C(c1ccccc1)(c1ccccc1)C1CCN(CCOCCOCCN2CCC(C(C(N)=O)(c3ccccc3)c3ccccc3)C2)C1. The molecule has 8 nitrogen and oxygen atoms in total. The first-order chi connectivity index (χ1) is 24.5.